The summed E-state index contributed by atoms with van der Waals surface area (Å²) in [6.45, 7) is 7.05. The monoisotopic (exact) mass is 664 g/mol. The summed E-state index contributed by atoms with van der Waals surface area (Å²) in [4.78, 5) is 32.8. The fourth-order valence-corrected chi connectivity index (χ4v) is 6.52. The molecule has 1 unspecified atom stereocenters. The van der Waals surface area contributed by atoms with Crippen LogP contribution in [0.1, 0.15) is 63.0 Å². The van der Waals surface area contributed by atoms with Gasteiger partial charge in [0.05, 0.1) is 10.6 Å². The normalized spacial score (nSPS) is 15.9. The van der Waals surface area contributed by atoms with Gasteiger partial charge in [-0.1, -0.05) is 48.4 Å². The minimum absolute atomic E-state index is 0.0652. The van der Waals surface area contributed by atoms with Gasteiger partial charge in [0, 0.05) is 54.8 Å². The van der Waals surface area contributed by atoms with Crippen molar-refractivity contribution in [3.8, 4) is 28.7 Å². The van der Waals surface area contributed by atoms with Crippen molar-refractivity contribution in [2.75, 3.05) is 19.6 Å². The van der Waals surface area contributed by atoms with Gasteiger partial charge in [-0.3, -0.25) is 19.5 Å². The van der Waals surface area contributed by atoms with Gasteiger partial charge in [0.15, 0.2) is 0 Å². The Hall–Kier alpha value is -4.91. The van der Waals surface area contributed by atoms with Crippen LogP contribution in [0.5, 0.6) is 11.5 Å². The Morgan fingerprint density at radius 3 is 2.44 bits per heavy atom. The first-order valence-corrected chi connectivity index (χ1v) is 16.5. The predicted molar refractivity (Wildman–Crippen MR) is 182 cm³/mol. The third-order valence-electron chi connectivity index (χ3n) is 9.12. The van der Waals surface area contributed by atoms with Crippen molar-refractivity contribution in [1.29, 1.82) is 5.26 Å². The molecule has 0 aliphatic carbocycles. The second-order valence-corrected chi connectivity index (χ2v) is 12.7. The average Bonchev–Trinajstić information content (AvgIpc) is 3.94. The topological polar surface area (TPSA) is 116 Å². The van der Waals surface area contributed by atoms with E-state index in [1.165, 1.54) is 6.20 Å². The Labute approximate surface area is 285 Å². The predicted octanol–water partition coefficient (Wildman–Crippen LogP) is 6.94. The maximum Gasteiger partial charge on any atom is 0.320 e. The molecule has 48 heavy (non-hydrogen) atoms. The van der Waals surface area contributed by atoms with Gasteiger partial charge in [-0.15, -0.1) is 0 Å². The fraction of sp³-hybridized carbons (Fsp3) is 0.316. The van der Waals surface area contributed by atoms with Crippen LogP contribution in [-0.4, -0.2) is 57.4 Å². The SMILES string of the molecule is Cc1c(COc2cc(OCc3cncc(C#N)c3)c(CN3CCCCC3C(=O)O)cc2Cl)cccc1-c1cccc(C(=O)N2CC2)c1C. The van der Waals surface area contributed by atoms with Gasteiger partial charge in [-0.2, -0.15) is 5.26 Å². The zero-order valence-corrected chi connectivity index (χ0v) is 27.8. The van der Waals surface area contributed by atoms with Crippen LogP contribution in [0, 0.1) is 25.2 Å². The number of benzene rings is 3. The van der Waals surface area contributed by atoms with E-state index in [1.54, 1.807) is 24.4 Å². The smallest absolute Gasteiger partial charge is 0.320 e. The average molecular weight is 665 g/mol. The number of halogens is 1. The molecule has 0 bridgehead atoms. The Bertz CT molecular complexity index is 1900. The number of carbonyl (C=O) groups excluding carboxylic acids is 1. The second kappa shape index (κ2) is 14.5. The number of aromatic nitrogens is 1. The Morgan fingerprint density at radius 1 is 0.938 bits per heavy atom. The summed E-state index contributed by atoms with van der Waals surface area (Å²) in [5, 5.41) is 19.5. The van der Waals surface area contributed by atoms with E-state index in [4.69, 9.17) is 21.1 Å². The van der Waals surface area contributed by atoms with E-state index in [2.05, 4.69) is 17.1 Å². The lowest BCUT2D eigenvalue weighted by Gasteiger charge is -2.33. The summed E-state index contributed by atoms with van der Waals surface area (Å²) in [7, 11) is 0. The van der Waals surface area contributed by atoms with E-state index in [0.29, 0.717) is 41.6 Å². The van der Waals surface area contributed by atoms with E-state index < -0.39 is 12.0 Å². The highest BCUT2D eigenvalue weighted by molar-refractivity contribution is 6.32. The first kappa shape index (κ1) is 33.0. The lowest BCUT2D eigenvalue weighted by molar-refractivity contribution is -0.144. The van der Waals surface area contributed by atoms with Gasteiger partial charge in [0.1, 0.15) is 36.8 Å². The molecular weight excluding hydrogens is 628 g/mol. The van der Waals surface area contributed by atoms with Crippen molar-refractivity contribution in [2.45, 2.75) is 58.9 Å². The third-order valence-corrected chi connectivity index (χ3v) is 9.42. The molecule has 10 heteroatoms. The standard InChI is InChI=1S/C38H37ClN4O5/c1-24-28(7-5-8-30(24)31-9-6-10-32(25(31)2)37(44)42-13-14-42)23-48-36-17-35(47-22-27-15-26(18-40)19-41-20-27)29(16-33(36)39)21-43-12-4-3-11-34(43)38(45)46/h5-10,15-17,19-20,34H,3-4,11-14,21-23H2,1-2H3,(H,45,46). The number of nitriles is 1. The van der Waals surface area contributed by atoms with Crippen LogP contribution in [-0.2, 0) is 24.6 Å². The minimum atomic E-state index is -0.838. The first-order valence-electron chi connectivity index (χ1n) is 16.1. The number of ether oxygens (including phenoxy) is 2. The van der Waals surface area contributed by atoms with Gasteiger partial charge in [-0.05, 0) is 79.3 Å². The van der Waals surface area contributed by atoms with Crippen molar-refractivity contribution in [2.24, 2.45) is 0 Å². The highest BCUT2D eigenvalue weighted by Crippen LogP contribution is 2.37. The lowest BCUT2D eigenvalue weighted by atomic mass is 9.91. The number of carboxylic acids is 1. The molecule has 246 valence electrons. The molecule has 0 radical (unpaired) electrons. The summed E-state index contributed by atoms with van der Waals surface area (Å²) in [6.07, 6.45) is 5.51. The summed E-state index contributed by atoms with van der Waals surface area (Å²) >= 11 is 6.81. The molecule has 4 aromatic rings. The maximum absolute atomic E-state index is 12.9. The van der Waals surface area contributed by atoms with Crippen LogP contribution < -0.4 is 9.47 Å². The number of likely N-dealkylation sites (tertiary alicyclic amines) is 1. The van der Waals surface area contributed by atoms with Gasteiger partial charge < -0.3 is 19.5 Å². The summed E-state index contributed by atoms with van der Waals surface area (Å²) in [5.41, 5.74) is 7.61. The van der Waals surface area contributed by atoms with Crippen LogP contribution in [0.4, 0.5) is 0 Å². The Kier molecular flexibility index (Phi) is 9.95. The van der Waals surface area contributed by atoms with Crippen LogP contribution in [0.15, 0.2) is 67.0 Å². The summed E-state index contributed by atoms with van der Waals surface area (Å²) in [5.74, 6) is 0.171. The number of carbonyl (C=O) groups is 2. The van der Waals surface area contributed by atoms with Crippen molar-refractivity contribution >= 4 is 23.5 Å². The molecule has 1 atom stereocenters. The number of hydrogen-bond acceptors (Lipinski definition) is 7. The van der Waals surface area contributed by atoms with Crippen molar-refractivity contribution in [3.63, 3.8) is 0 Å². The molecule has 2 aliphatic rings. The van der Waals surface area contributed by atoms with E-state index in [-0.39, 0.29) is 19.1 Å². The van der Waals surface area contributed by atoms with Crippen molar-refractivity contribution < 1.29 is 24.2 Å². The molecule has 6 rings (SSSR count). The lowest BCUT2D eigenvalue weighted by Crippen LogP contribution is -2.44. The summed E-state index contributed by atoms with van der Waals surface area (Å²) < 4.78 is 12.6. The van der Waals surface area contributed by atoms with Crippen LogP contribution in [0.2, 0.25) is 5.02 Å². The molecule has 1 N–H and O–H groups in total. The molecule has 2 saturated heterocycles. The number of aliphatic carboxylic acids is 1. The van der Waals surface area contributed by atoms with Crippen LogP contribution in [0.3, 0.4) is 0 Å². The molecule has 0 saturated carbocycles. The third kappa shape index (κ3) is 7.30. The number of carboxylic acid groups (broad SMARTS) is 1. The highest BCUT2D eigenvalue weighted by Gasteiger charge is 2.30. The maximum atomic E-state index is 12.9. The zero-order valence-electron chi connectivity index (χ0n) is 27.0. The molecule has 2 fully saturated rings. The highest BCUT2D eigenvalue weighted by atomic mass is 35.5. The largest absolute Gasteiger partial charge is 0.488 e. The van der Waals surface area contributed by atoms with E-state index in [1.807, 2.05) is 54.0 Å². The van der Waals surface area contributed by atoms with Crippen LogP contribution in [0.25, 0.3) is 11.1 Å². The number of piperidine rings is 1. The molecule has 9 nitrogen and oxygen atoms in total. The Morgan fingerprint density at radius 2 is 1.69 bits per heavy atom. The number of amides is 1. The quantitative estimate of drug-likeness (QED) is 0.171. The van der Waals surface area contributed by atoms with Gasteiger partial charge in [0.25, 0.3) is 5.91 Å². The fourth-order valence-electron chi connectivity index (χ4n) is 6.28. The number of pyridine rings is 1. The number of hydrogen-bond donors (Lipinski definition) is 1. The summed E-state index contributed by atoms with van der Waals surface area (Å²) in [6, 6.07) is 18.7. The molecular formula is C38H37ClN4O5. The molecule has 3 heterocycles. The van der Waals surface area contributed by atoms with Crippen molar-refractivity contribution in [1.82, 2.24) is 14.8 Å². The van der Waals surface area contributed by atoms with E-state index >= 15 is 0 Å². The zero-order chi connectivity index (χ0) is 33.8. The van der Waals surface area contributed by atoms with E-state index in [0.717, 1.165) is 70.4 Å². The van der Waals surface area contributed by atoms with E-state index in [9.17, 15) is 20.0 Å². The molecule has 1 aromatic heterocycles. The van der Waals surface area contributed by atoms with Crippen molar-refractivity contribution in [3.05, 3.63) is 111 Å². The number of nitrogens with zero attached hydrogens (tertiary/aromatic N) is 4. The second-order valence-electron chi connectivity index (χ2n) is 12.3. The van der Waals surface area contributed by atoms with Crippen LogP contribution >= 0.6 is 11.6 Å². The van der Waals surface area contributed by atoms with Gasteiger partial charge in [-0.25, -0.2) is 0 Å². The molecule has 0 spiro atoms. The first-order chi connectivity index (χ1) is 23.2. The number of rotatable bonds is 11. The van der Waals surface area contributed by atoms with Gasteiger partial charge >= 0.3 is 5.97 Å². The molecule has 3 aromatic carbocycles. The molecule has 1 amide bonds. The minimum Gasteiger partial charge on any atom is -0.488 e. The Balaban J connectivity index is 1.26. The molecule has 2 aliphatic heterocycles. The van der Waals surface area contributed by atoms with Gasteiger partial charge in [0.2, 0.25) is 0 Å².